The van der Waals surface area contributed by atoms with Crippen molar-refractivity contribution in [2.24, 2.45) is 5.41 Å². The Bertz CT molecular complexity index is 602. The number of hydrogen-bond donors (Lipinski definition) is 1. The van der Waals surface area contributed by atoms with E-state index in [4.69, 9.17) is 0 Å². The van der Waals surface area contributed by atoms with Gasteiger partial charge in [-0.1, -0.05) is 34.1 Å². The minimum Gasteiger partial charge on any atom is -0.276 e. The van der Waals surface area contributed by atoms with Gasteiger partial charge in [-0.3, -0.25) is 9.89 Å². The van der Waals surface area contributed by atoms with Gasteiger partial charge in [-0.2, -0.15) is 0 Å². The fourth-order valence-corrected chi connectivity index (χ4v) is 2.11. The molecule has 0 saturated carbocycles. The number of nitrogens with one attached hydrogen (secondary N) is 1. The molecule has 2 aromatic rings. The molecule has 0 radical (unpaired) electrons. The van der Waals surface area contributed by atoms with Crippen molar-refractivity contribution in [1.82, 2.24) is 14.6 Å². The number of H-pyrrole nitrogens is 1. The first kappa shape index (κ1) is 12.9. The van der Waals surface area contributed by atoms with E-state index >= 15 is 0 Å². The van der Waals surface area contributed by atoms with Crippen molar-refractivity contribution >= 4 is 5.65 Å². The van der Waals surface area contributed by atoms with Crippen molar-refractivity contribution in [3.8, 4) is 0 Å². The average Bonchev–Trinajstić information content (AvgIpc) is 2.58. The van der Waals surface area contributed by atoms with Crippen molar-refractivity contribution < 1.29 is 0 Å². The number of aryl methyl sites for hydroxylation is 1. The van der Waals surface area contributed by atoms with Gasteiger partial charge in [0.05, 0.1) is 0 Å². The highest BCUT2D eigenvalue weighted by Crippen LogP contribution is 2.18. The first-order valence-electron chi connectivity index (χ1n) is 6.49. The molecule has 0 aliphatic carbocycles. The summed E-state index contributed by atoms with van der Waals surface area (Å²) in [6, 6.07) is 3.68. The number of aromatic nitrogens is 3. The van der Waals surface area contributed by atoms with Gasteiger partial charge in [0.25, 0.3) is 5.56 Å². The van der Waals surface area contributed by atoms with E-state index in [-0.39, 0.29) is 11.0 Å². The molecule has 4 heteroatoms. The molecule has 0 aliphatic heterocycles. The van der Waals surface area contributed by atoms with Gasteiger partial charge in [0.15, 0.2) is 5.65 Å². The summed E-state index contributed by atoms with van der Waals surface area (Å²) < 4.78 is 1.53. The summed E-state index contributed by atoms with van der Waals surface area (Å²) in [5.74, 6) is 0.869. The number of rotatable bonds is 3. The van der Waals surface area contributed by atoms with Crippen LogP contribution in [-0.4, -0.2) is 14.6 Å². The number of aromatic amines is 1. The van der Waals surface area contributed by atoms with Gasteiger partial charge in [0.1, 0.15) is 5.82 Å². The Kier molecular flexibility index (Phi) is 3.28. The molecule has 0 bridgehead atoms. The maximum atomic E-state index is 11.9. The maximum absolute atomic E-state index is 11.9. The Morgan fingerprint density at radius 1 is 1.33 bits per heavy atom. The molecule has 2 heterocycles. The zero-order valence-electron chi connectivity index (χ0n) is 11.6. The second-order valence-corrected chi connectivity index (χ2v) is 6.05. The van der Waals surface area contributed by atoms with Gasteiger partial charge < -0.3 is 0 Å². The van der Waals surface area contributed by atoms with Crippen LogP contribution >= 0.6 is 0 Å². The molecule has 2 rings (SSSR count). The third-order valence-electron chi connectivity index (χ3n) is 2.80. The summed E-state index contributed by atoms with van der Waals surface area (Å²) >= 11 is 0. The Balaban J connectivity index is 2.44. The molecule has 0 fully saturated rings. The van der Waals surface area contributed by atoms with E-state index in [1.807, 2.05) is 6.07 Å². The predicted octanol–water partition coefficient (Wildman–Crippen LogP) is 2.56. The van der Waals surface area contributed by atoms with E-state index in [9.17, 15) is 4.79 Å². The molecular weight excluding hydrogens is 226 g/mol. The van der Waals surface area contributed by atoms with Gasteiger partial charge in [-0.15, -0.1) is 0 Å². The topological polar surface area (TPSA) is 50.2 Å². The van der Waals surface area contributed by atoms with Crippen LogP contribution in [0.15, 0.2) is 16.9 Å². The molecule has 0 unspecified atom stereocenters. The van der Waals surface area contributed by atoms with E-state index < -0.39 is 0 Å². The summed E-state index contributed by atoms with van der Waals surface area (Å²) in [6.07, 6.45) is 2.79. The van der Waals surface area contributed by atoms with Crippen molar-refractivity contribution in [3.63, 3.8) is 0 Å². The SMILES string of the molecule is CCCc1cc(=O)n2[nH]c(CC(C)(C)C)nc2c1. The summed E-state index contributed by atoms with van der Waals surface area (Å²) in [7, 11) is 0. The summed E-state index contributed by atoms with van der Waals surface area (Å²) in [6.45, 7) is 8.58. The second-order valence-electron chi connectivity index (χ2n) is 6.05. The molecule has 98 valence electrons. The molecule has 0 aromatic carbocycles. The molecular formula is C14H21N3O. The van der Waals surface area contributed by atoms with Crippen LogP contribution in [0.2, 0.25) is 0 Å². The highest BCUT2D eigenvalue weighted by Gasteiger charge is 2.15. The smallest absolute Gasteiger partial charge is 0.271 e. The molecule has 4 nitrogen and oxygen atoms in total. The average molecular weight is 247 g/mol. The van der Waals surface area contributed by atoms with Crippen molar-refractivity contribution in [3.05, 3.63) is 33.9 Å². The maximum Gasteiger partial charge on any atom is 0.271 e. The fourth-order valence-electron chi connectivity index (χ4n) is 2.11. The van der Waals surface area contributed by atoms with Crippen molar-refractivity contribution in [2.45, 2.75) is 47.0 Å². The Morgan fingerprint density at radius 3 is 2.67 bits per heavy atom. The van der Waals surface area contributed by atoms with Crippen LogP contribution in [0.5, 0.6) is 0 Å². The summed E-state index contributed by atoms with van der Waals surface area (Å²) in [4.78, 5) is 16.5. The molecule has 1 N–H and O–H groups in total. The van der Waals surface area contributed by atoms with Gasteiger partial charge in [-0.25, -0.2) is 9.50 Å². The van der Waals surface area contributed by atoms with Crippen molar-refractivity contribution in [1.29, 1.82) is 0 Å². The van der Waals surface area contributed by atoms with Gasteiger partial charge in [-0.05, 0) is 23.5 Å². The number of pyridine rings is 1. The van der Waals surface area contributed by atoms with E-state index in [0.717, 1.165) is 36.3 Å². The minimum absolute atomic E-state index is 0.0244. The van der Waals surface area contributed by atoms with E-state index in [1.165, 1.54) is 4.52 Å². The third-order valence-corrected chi connectivity index (χ3v) is 2.80. The lowest BCUT2D eigenvalue weighted by Crippen LogP contribution is -2.15. The normalized spacial score (nSPS) is 12.2. The number of fused-ring (bicyclic) bond motifs is 1. The first-order chi connectivity index (χ1) is 8.39. The third kappa shape index (κ3) is 2.81. The second kappa shape index (κ2) is 4.59. The molecule has 0 atom stereocenters. The molecule has 2 aromatic heterocycles. The monoisotopic (exact) mass is 247 g/mol. The standard InChI is InChI=1S/C14H21N3O/c1-5-6-10-7-12-15-11(9-14(2,3)4)16-17(12)13(18)8-10/h7-8H,5-6,9H2,1-4H3,(H,15,16). The van der Waals surface area contributed by atoms with Crippen LogP contribution in [-0.2, 0) is 12.8 Å². The number of nitrogens with zero attached hydrogens (tertiary/aromatic N) is 2. The molecule has 0 saturated heterocycles. The molecule has 0 aliphatic rings. The molecule has 0 spiro atoms. The number of hydrogen-bond acceptors (Lipinski definition) is 2. The Morgan fingerprint density at radius 2 is 2.06 bits per heavy atom. The largest absolute Gasteiger partial charge is 0.276 e. The zero-order valence-corrected chi connectivity index (χ0v) is 11.6. The van der Waals surface area contributed by atoms with Gasteiger partial charge >= 0.3 is 0 Å². The van der Waals surface area contributed by atoms with Crippen LogP contribution in [0.3, 0.4) is 0 Å². The minimum atomic E-state index is -0.0244. The highest BCUT2D eigenvalue weighted by molar-refractivity contribution is 5.40. The van der Waals surface area contributed by atoms with E-state index in [0.29, 0.717) is 0 Å². The Hall–Kier alpha value is -1.58. The first-order valence-corrected chi connectivity index (χ1v) is 6.49. The van der Waals surface area contributed by atoms with Crippen LogP contribution < -0.4 is 5.56 Å². The lowest BCUT2D eigenvalue weighted by molar-refractivity contribution is 0.400. The predicted molar refractivity (Wildman–Crippen MR) is 73.0 cm³/mol. The van der Waals surface area contributed by atoms with Crippen LogP contribution in [0.25, 0.3) is 5.65 Å². The summed E-state index contributed by atoms with van der Waals surface area (Å²) in [5, 5.41) is 3.08. The Labute approximate surface area is 107 Å². The lowest BCUT2D eigenvalue weighted by Gasteiger charge is -2.15. The van der Waals surface area contributed by atoms with E-state index in [1.54, 1.807) is 6.07 Å². The zero-order chi connectivity index (χ0) is 13.3. The van der Waals surface area contributed by atoms with Crippen LogP contribution in [0.4, 0.5) is 0 Å². The quantitative estimate of drug-likeness (QED) is 0.906. The van der Waals surface area contributed by atoms with E-state index in [2.05, 4.69) is 37.8 Å². The molecule has 18 heavy (non-hydrogen) atoms. The highest BCUT2D eigenvalue weighted by atomic mass is 16.1. The van der Waals surface area contributed by atoms with Gasteiger partial charge in [0, 0.05) is 12.5 Å². The lowest BCUT2D eigenvalue weighted by atomic mass is 9.92. The summed E-state index contributed by atoms with van der Waals surface area (Å²) in [5.41, 5.74) is 1.93. The van der Waals surface area contributed by atoms with Crippen LogP contribution in [0.1, 0.15) is 45.5 Å². The van der Waals surface area contributed by atoms with Crippen LogP contribution in [0, 0.1) is 5.41 Å². The van der Waals surface area contributed by atoms with Gasteiger partial charge in [0.2, 0.25) is 0 Å². The molecule has 0 amide bonds. The van der Waals surface area contributed by atoms with Crippen molar-refractivity contribution in [2.75, 3.05) is 0 Å². The fraction of sp³-hybridized carbons (Fsp3) is 0.571.